The number of hydrogen-bond donors (Lipinski definition) is 2. The summed E-state index contributed by atoms with van der Waals surface area (Å²) in [5, 5.41) is 23.2. The highest BCUT2D eigenvalue weighted by atomic mass is 16.5. The largest absolute Gasteiger partial charge is 0.396 e. The minimum atomic E-state index is 0.262. The number of allylic oxidation sites excluding steroid dienone is 2. The molecule has 110 valence electrons. The van der Waals surface area contributed by atoms with Gasteiger partial charge in [-0.2, -0.15) is 0 Å². The van der Waals surface area contributed by atoms with E-state index in [1.807, 2.05) is 0 Å². The van der Waals surface area contributed by atoms with Crippen LogP contribution in [0.3, 0.4) is 0 Å². The van der Waals surface area contributed by atoms with Crippen LogP contribution in [0.1, 0.15) is 37.9 Å². The molecule has 0 aliphatic carbocycles. The van der Waals surface area contributed by atoms with Crippen molar-refractivity contribution in [1.29, 1.82) is 0 Å². The first-order chi connectivity index (χ1) is 9.88. The van der Waals surface area contributed by atoms with E-state index in [4.69, 9.17) is 4.74 Å². The van der Waals surface area contributed by atoms with Crippen molar-refractivity contribution in [3.63, 3.8) is 0 Å². The van der Waals surface area contributed by atoms with E-state index in [1.54, 1.807) is 0 Å². The number of fused-ring (bicyclic) bond motifs is 2. The fourth-order valence-corrected chi connectivity index (χ4v) is 3.49. The average Bonchev–Trinajstić information content (AvgIpc) is 3.18. The van der Waals surface area contributed by atoms with Crippen molar-refractivity contribution in [2.45, 2.75) is 50.7 Å². The molecule has 1 aromatic rings. The van der Waals surface area contributed by atoms with Crippen molar-refractivity contribution in [2.75, 3.05) is 6.61 Å². The molecule has 2 bridgehead atoms. The molecule has 0 spiro atoms. The maximum absolute atomic E-state index is 9.48. The predicted octanol–water partition coefficient (Wildman–Crippen LogP) is 1.25. The zero-order valence-corrected chi connectivity index (χ0v) is 11.6. The molecule has 6 nitrogen and oxygen atoms in total. The lowest BCUT2D eigenvalue weighted by molar-refractivity contribution is 0.0787. The highest BCUT2D eigenvalue weighted by molar-refractivity contribution is 4.99. The monoisotopic (exact) mass is 278 g/mol. The molecule has 2 aliphatic heterocycles. The third-order valence-electron chi connectivity index (χ3n) is 4.55. The first-order valence-corrected chi connectivity index (χ1v) is 7.52. The molecular formula is C14H22N4O2. The third-order valence-corrected chi connectivity index (χ3v) is 4.55. The normalized spacial score (nSPS) is 32.5. The fraction of sp³-hybridized carbons (Fsp3) is 0.786. The minimum absolute atomic E-state index is 0.262. The van der Waals surface area contributed by atoms with Crippen LogP contribution >= 0.6 is 0 Å². The molecule has 2 saturated heterocycles. The van der Waals surface area contributed by atoms with Gasteiger partial charge in [0.2, 0.25) is 0 Å². The number of hydrogen-bond acceptors (Lipinski definition) is 5. The topological polar surface area (TPSA) is 83.9 Å². The van der Waals surface area contributed by atoms with E-state index < -0.39 is 0 Å². The number of rotatable bonds is 7. The van der Waals surface area contributed by atoms with Crippen molar-refractivity contribution in [3.8, 4) is 0 Å². The molecule has 0 radical (unpaired) electrons. The van der Waals surface area contributed by atoms with Crippen LogP contribution in [0, 0.1) is 11.8 Å². The van der Waals surface area contributed by atoms with Gasteiger partial charge < -0.3 is 9.84 Å². The first-order valence-electron chi connectivity index (χ1n) is 7.52. The van der Waals surface area contributed by atoms with E-state index in [0.717, 1.165) is 44.3 Å². The smallest absolute Gasteiger partial charge is 0.148 e. The molecular weight excluding hydrogens is 256 g/mol. The van der Waals surface area contributed by atoms with E-state index in [0.29, 0.717) is 24.0 Å². The Bertz CT molecular complexity index is 434. The Morgan fingerprint density at radius 3 is 2.85 bits per heavy atom. The minimum Gasteiger partial charge on any atom is -0.396 e. The second-order valence-corrected chi connectivity index (χ2v) is 5.75. The molecule has 3 heterocycles. The number of tetrazole rings is 1. The van der Waals surface area contributed by atoms with Gasteiger partial charge in [-0.15, -0.1) is 5.10 Å². The summed E-state index contributed by atoms with van der Waals surface area (Å²) in [6, 6.07) is 0. The number of aromatic nitrogens is 4. The molecule has 0 saturated carbocycles. The number of ether oxygens (including phenoxy) is 1. The summed E-state index contributed by atoms with van der Waals surface area (Å²) in [4.78, 5) is 0. The molecule has 20 heavy (non-hydrogen) atoms. The number of H-pyrrole nitrogens is 1. The van der Waals surface area contributed by atoms with Crippen LogP contribution < -0.4 is 0 Å². The molecule has 3 rings (SSSR count). The van der Waals surface area contributed by atoms with Crippen LogP contribution in [-0.4, -0.2) is 44.5 Å². The Labute approximate surface area is 118 Å². The predicted molar refractivity (Wildman–Crippen MR) is 72.8 cm³/mol. The molecule has 0 unspecified atom stereocenters. The summed E-state index contributed by atoms with van der Waals surface area (Å²) in [6.45, 7) is 0.262. The second kappa shape index (κ2) is 6.45. The standard InChI is InChI=1S/C14H22N4O2/c19-9-11-10(12-7-8-13(11)20-12)5-3-1-2-4-6-14-15-17-18-16-14/h1,3,10-13,19H,2,4-9H2,(H,15,16,17,18)/b3-1-/t10-,11+,12-,13+/m1/s1. The van der Waals surface area contributed by atoms with Gasteiger partial charge in [0, 0.05) is 18.9 Å². The van der Waals surface area contributed by atoms with Crippen LogP contribution in [0.4, 0.5) is 0 Å². The zero-order chi connectivity index (χ0) is 13.8. The van der Waals surface area contributed by atoms with Crippen LogP contribution in [0.15, 0.2) is 12.2 Å². The van der Waals surface area contributed by atoms with E-state index >= 15 is 0 Å². The van der Waals surface area contributed by atoms with Gasteiger partial charge in [0.05, 0.1) is 12.2 Å². The lowest BCUT2D eigenvalue weighted by Crippen LogP contribution is -2.29. The van der Waals surface area contributed by atoms with Gasteiger partial charge in [0.15, 0.2) is 0 Å². The number of nitrogens with one attached hydrogen (secondary N) is 1. The zero-order valence-electron chi connectivity index (χ0n) is 11.6. The summed E-state index contributed by atoms with van der Waals surface area (Å²) in [5.74, 6) is 1.70. The number of nitrogens with zero attached hydrogens (tertiary/aromatic N) is 3. The van der Waals surface area contributed by atoms with Gasteiger partial charge in [-0.25, -0.2) is 5.10 Å². The van der Waals surface area contributed by atoms with Gasteiger partial charge in [0.25, 0.3) is 0 Å². The summed E-state index contributed by atoms with van der Waals surface area (Å²) in [6.07, 6.45) is 11.4. The number of aryl methyl sites for hydroxylation is 1. The lowest BCUT2D eigenvalue weighted by Gasteiger charge is -2.25. The number of aromatic amines is 1. The van der Waals surface area contributed by atoms with E-state index in [2.05, 4.69) is 32.8 Å². The van der Waals surface area contributed by atoms with Crippen LogP contribution in [0.25, 0.3) is 0 Å². The number of aliphatic hydroxyl groups excluding tert-OH is 1. The van der Waals surface area contributed by atoms with Gasteiger partial charge >= 0.3 is 0 Å². The maximum Gasteiger partial charge on any atom is 0.148 e. The second-order valence-electron chi connectivity index (χ2n) is 5.75. The molecule has 2 N–H and O–H groups in total. The molecule has 4 atom stereocenters. The highest BCUT2D eigenvalue weighted by Gasteiger charge is 2.47. The Morgan fingerprint density at radius 1 is 1.25 bits per heavy atom. The van der Waals surface area contributed by atoms with Gasteiger partial charge in [-0.05, 0) is 48.4 Å². The molecule has 2 aliphatic rings. The van der Waals surface area contributed by atoms with Crippen molar-refractivity contribution in [1.82, 2.24) is 20.6 Å². The van der Waals surface area contributed by atoms with E-state index in [1.165, 1.54) is 0 Å². The third kappa shape index (κ3) is 2.91. The molecule has 6 heteroatoms. The number of aliphatic hydroxyl groups is 1. The van der Waals surface area contributed by atoms with Crippen molar-refractivity contribution in [2.24, 2.45) is 11.8 Å². The Morgan fingerprint density at radius 2 is 2.10 bits per heavy atom. The summed E-state index contributed by atoms with van der Waals surface area (Å²) >= 11 is 0. The Kier molecular flexibility index (Phi) is 4.42. The summed E-state index contributed by atoms with van der Waals surface area (Å²) < 4.78 is 5.90. The highest BCUT2D eigenvalue weighted by Crippen LogP contribution is 2.44. The summed E-state index contributed by atoms with van der Waals surface area (Å²) in [5.41, 5.74) is 0. The fourth-order valence-electron chi connectivity index (χ4n) is 3.49. The number of unbranched alkanes of at least 4 members (excludes halogenated alkanes) is 1. The van der Waals surface area contributed by atoms with Crippen molar-refractivity contribution < 1.29 is 9.84 Å². The quantitative estimate of drug-likeness (QED) is 0.579. The lowest BCUT2D eigenvalue weighted by atomic mass is 9.78. The van der Waals surface area contributed by atoms with E-state index in [9.17, 15) is 5.11 Å². The van der Waals surface area contributed by atoms with Crippen molar-refractivity contribution >= 4 is 0 Å². The van der Waals surface area contributed by atoms with Crippen LogP contribution in [0.2, 0.25) is 0 Å². The molecule has 0 aromatic carbocycles. The van der Waals surface area contributed by atoms with Gasteiger partial charge in [0.1, 0.15) is 5.82 Å². The van der Waals surface area contributed by atoms with Gasteiger partial charge in [-0.1, -0.05) is 12.2 Å². The van der Waals surface area contributed by atoms with Crippen LogP contribution in [-0.2, 0) is 11.2 Å². The molecule has 1 aromatic heterocycles. The molecule has 0 amide bonds. The van der Waals surface area contributed by atoms with Crippen LogP contribution in [0.5, 0.6) is 0 Å². The summed E-state index contributed by atoms with van der Waals surface area (Å²) in [7, 11) is 0. The Balaban J connectivity index is 1.37. The average molecular weight is 278 g/mol. The molecule has 2 fully saturated rings. The van der Waals surface area contributed by atoms with Gasteiger partial charge in [-0.3, -0.25) is 0 Å². The van der Waals surface area contributed by atoms with Crippen molar-refractivity contribution in [3.05, 3.63) is 18.0 Å². The van der Waals surface area contributed by atoms with E-state index in [-0.39, 0.29) is 6.61 Å². The Hall–Kier alpha value is -1.27. The maximum atomic E-state index is 9.48. The SMILES string of the molecule is OC[C@H]1[C@@H](C/C=C\CCCc2nnn[nH]2)[C@H]2CC[C@@H]1O2. The first kappa shape index (κ1) is 13.7.